The van der Waals surface area contributed by atoms with Gasteiger partial charge in [-0.15, -0.1) is 0 Å². The number of benzene rings is 1. The molecule has 0 aliphatic rings. The first kappa shape index (κ1) is 15.3. The molecule has 2 rings (SSSR count). The van der Waals surface area contributed by atoms with E-state index < -0.39 is 16.4 Å². The second-order valence-corrected chi connectivity index (χ2v) is 4.44. The van der Waals surface area contributed by atoms with Crippen LogP contribution in [0.1, 0.15) is 15.9 Å². The summed E-state index contributed by atoms with van der Waals surface area (Å²) in [6.45, 7) is 0. The molecule has 0 aliphatic carbocycles. The first-order valence-electron chi connectivity index (χ1n) is 5.87. The Labute approximate surface area is 127 Å². The molecule has 1 amide bonds. The van der Waals surface area contributed by atoms with Crippen molar-refractivity contribution >= 4 is 30.0 Å². The molecule has 0 saturated heterocycles. The Hall–Kier alpha value is -3.14. The van der Waals surface area contributed by atoms with Crippen LogP contribution in [0.2, 0.25) is 0 Å². The zero-order valence-electron chi connectivity index (χ0n) is 10.9. The van der Waals surface area contributed by atoms with Gasteiger partial charge >= 0.3 is 0 Å². The third-order valence-electron chi connectivity index (χ3n) is 2.54. The summed E-state index contributed by atoms with van der Waals surface area (Å²) in [6, 6.07) is 5.19. The van der Waals surface area contributed by atoms with E-state index in [0.717, 1.165) is 12.3 Å². The number of carbonyl (C=O) groups excluding carboxylic acids is 1. The molecule has 0 atom stereocenters. The van der Waals surface area contributed by atoms with Gasteiger partial charge in [-0.3, -0.25) is 24.7 Å². The van der Waals surface area contributed by atoms with Crippen molar-refractivity contribution in [2.24, 2.45) is 5.10 Å². The Kier molecular flexibility index (Phi) is 4.53. The zero-order valence-corrected chi connectivity index (χ0v) is 11.7. The molecule has 0 aliphatic heterocycles. The number of hydrazone groups is 1. The molecule has 3 N–H and O–H groups in total. The van der Waals surface area contributed by atoms with E-state index in [1.54, 1.807) is 0 Å². The van der Waals surface area contributed by atoms with Crippen molar-refractivity contribution in [3.8, 4) is 0 Å². The molecule has 1 aromatic carbocycles. The highest BCUT2D eigenvalue weighted by Gasteiger charge is 2.10. The van der Waals surface area contributed by atoms with Gasteiger partial charge in [0.2, 0.25) is 0 Å². The van der Waals surface area contributed by atoms with Gasteiger partial charge in [0, 0.05) is 23.9 Å². The molecule has 0 unspecified atom stereocenters. The van der Waals surface area contributed by atoms with E-state index in [2.05, 4.69) is 20.5 Å². The average molecular weight is 319 g/mol. The molecule has 9 nitrogen and oxygen atoms in total. The predicted molar refractivity (Wildman–Crippen MR) is 80.4 cm³/mol. The number of nitro benzene ring substituents is 1. The molecule has 112 valence electrons. The number of hydrogen-bond acceptors (Lipinski definition) is 6. The highest BCUT2D eigenvalue weighted by molar-refractivity contribution is 7.71. The molecular formula is C12H9N5O4S. The summed E-state index contributed by atoms with van der Waals surface area (Å²) in [5.41, 5.74) is 1.74. The third kappa shape index (κ3) is 3.70. The summed E-state index contributed by atoms with van der Waals surface area (Å²) < 4.78 is 0.169. The van der Waals surface area contributed by atoms with Gasteiger partial charge in [0.25, 0.3) is 17.2 Å². The Morgan fingerprint density at radius 3 is 2.91 bits per heavy atom. The predicted octanol–water partition coefficient (Wildman–Crippen LogP) is 1.10. The highest BCUT2D eigenvalue weighted by atomic mass is 32.1. The van der Waals surface area contributed by atoms with Crippen molar-refractivity contribution in [1.82, 2.24) is 15.4 Å². The molecule has 0 saturated carbocycles. The standard InChI is InChI=1S/C12H9N5O4S/c18-10-8(5-13-12(22)15-10)6-14-16-11(19)7-2-1-3-9(4-7)17(20)21/h1-6H,(H,16,19)(H2,13,15,18,22)/b14-6+. The van der Waals surface area contributed by atoms with Crippen LogP contribution in [0.15, 0.2) is 40.4 Å². The molecule has 1 heterocycles. The quantitative estimate of drug-likeness (QED) is 0.336. The maximum Gasteiger partial charge on any atom is 0.271 e. The fourth-order valence-electron chi connectivity index (χ4n) is 1.50. The summed E-state index contributed by atoms with van der Waals surface area (Å²) in [5.74, 6) is -0.639. The third-order valence-corrected chi connectivity index (χ3v) is 2.76. The number of nitrogens with zero attached hydrogens (tertiary/aromatic N) is 2. The lowest BCUT2D eigenvalue weighted by Crippen LogP contribution is -2.19. The van der Waals surface area contributed by atoms with Crippen LogP contribution in [0.4, 0.5) is 5.69 Å². The van der Waals surface area contributed by atoms with E-state index >= 15 is 0 Å². The van der Waals surface area contributed by atoms with Gasteiger partial charge in [-0.1, -0.05) is 6.07 Å². The number of nitro groups is 1. The number of aromatic nitrogens is 2. The minimum Gasteiger partial charge on any atom is -0.338 e. The zero-order chi connectivity index (χ0) is 16.1. The van der Waals surface area contributed by atoms with Crippen molar-refractivity contribution in [2.45, 2.75) is 0 Å². The maximum absolute atomic E-state index is 11.8. The normalized spacial score (nSPS) is 10.5. The molecule has 0 radical (unpaired) electrons. The number of amides is 1. The number of aromatic amines is 2. The molecular weight excluding hydrogens is 310 g/mol. The summed E-state index contributed by atoms with van der Waals surface area (Å²) in [6.07, 6.45) is 2.46. The lowest BCUT2D eigenvalue weighted by atomic mass is 10.2. The topological polar surface area (TPSA) is 133 Å². The first-order chi connectivity index (χ1) is 10.5. The minimum absolute atomic E-state index is 0.0766. The van der Waals surface area contributed by atoms with Crippen molar-refractivity contribution in [3.63, 3.8) is 0 Å². The molecule has 2 aromatic rings. The summed E-state index contributed by atoms with van der Waals surface area (Å²) >= 11 is 4.73. The average Bonchev–Trinajstić information content (AvgIpc) is 2.49. The van der Waals surface area contributed by atoms with Gasteiger partial charge in [-0.25, -0.2) is 5.43 Å². The number of H-pyrrole nitrogens is 2. The van der Waals surface area contributed by atoms with Crippen LogP contribution in [0, 0.1) is 14.9 Å². The number of non-ortho nitro benzene ring substituents is 1. The Bertz CT molecular complexity index is 870. The van der Waals surface area contributed by atoms with E-state index in [9.17, 15) is 19.7 Å². The maximum atomic E-state index is 11.8. The largest absolute Gasteiger partial charge is 0.338 e. The van der Waals surface area contributed by atoms with Gasteiger partial charge in [0.05, 0.1) is 16.7 Å². The van der Waals surface area contributed by atoms with E-state index in [-0.39, 0.29) is 21.6 Å². The number of rotatable bonds is 4. The second kappa shape index (κ2) is 6.54. The van der Waals surface area contributed by atoms with Crippen LogP contribution >= 0.6 is 12.2 Å². The monoisotopic (exact) mass is 319 g/mol. The van der Waals surface area contributed by atoms with Crippen molar-refractivity contribution < 1.29 is 9.72 Å². The van der Waals surface area contributed by atoms with Crippen molar-refractivity contribution in [3.05, 3.63) is 66.8 Å². The van der Waals surface area contributed by atoms with E-state index in [4.69, 9.17) is 12.2 Å². The van der Waals surface area contributed by atoms with E-state index in [1.807, 2.05) is 0 Å². The molecule has 10 heteroatoms. The van der Waals surface area contributed by atoms with Crippen LogP contribution in [0.25, 0.3) is 0 Å². The van der Waals surface area contributed by atoms with E-state index in [0.29, 0.717) is 0 Å². The van der Waals surface area contributed by atoms with Crippen LogP contribution in [-0.4, -0.2) is 27.0 Å². The lowest BCUT2D eigenvalue weighted by Gasteiger charge is -1.99. The Balaban J connectivity index is 2.11. The van der Waals surface area contributed by atoms with Gasteiger partial charge < -0.3 is 4.98 Å². The lowest BCUT2D eigenvalue weighted by molar-refractivity contribution is -0.384. The minimum atomic E-state index is -0.639. The van der Waals surface area contributed by atoms with Crippen molar-refractivity contribution in [1.29, 1.82) is 0 Å². The molecule has 22 heavy (non-hydrogen) atoms. The second-order valence-electron chi connectivity index (χ2n) is 4.03. The fraction of sp³-hybridized carbons (Fsp3) is 0. The molecule has 0 spiro atoms. The van der Waals surface area contributed by atoms with E-state index in [1.165, 1.54) is 24.4 Å². The van der Waals surface area contributed by atoms with Crippen LogP contribution in [0.3, 0.4) is 0 Å². The van der Waals surface area contributed by atoms with Gasteiger partial charge in [0.1, 0.15) is 0 Å². The van der Waals surface area contributed by atoms with Gasteiger partial charge in [-0.2, -0.15) is 5.10 Å². The number of carbonyl (C=O) groups is 1. The fourth-order valence-corrected chi connectivity index (χ4v) is 1.65. The smallest absolute Gasteiger partial charge is 0.271 e. The number of hydrogen-bond donors (Lipinski definition) is 3. The highest BCUT2D eigenvalue weighted by Crippen LogP contribution is 2.12. The molecule has 0 fully saturated rings. The van der Waals surface area contributed by atoms with Crippen LogP contribution in [0.5, 0.6) is 0 Å². The van der Waals surface area contributed by atoms with Crippen LogP contribution in [-0.2, 0) is 0 Å². The summed E-state index contributed by atoms with van der Waals surface area (Å²) in [7, 11) is 0. The van der Waals surface area contributed by atoms with Gasteiger partial charge in [-0.05, 0) is 18.3 Å². The first-order valence-corrected chi connectivity index (χ1v) is 6.28. The summed E-state index contributed by atoms with van der Waals surface area (Å²) in [4.78, 5) is 38.3. The number of nitrogens with one attached hydrogen (secondary N) is 3. The molecule has 0 bridgehead atoms. The van der Waals surface area contributed by atoms with Crippen LogP contribution < -0.4 is 11.0 Å². The SMILES string of the molecule is O=C(N/N=C/c1c[nH]c(=S)[nH]c1=O)c1cccc([N+](=O)[O-])c1. The molecule has 1 aromatic heterocycles. The Morgan fingerprint density at radius 2 is 2.23 bits per heavy atom. The van der Waals surface area contributed by atoms with Crippen molar-refractivity contribution in [2.75, 3.05) is 0 Å². The Morgan fingerprint density at radius 1 is 1.45 bits per heavy atom. The van der Waals surface area contributed by atoms with Gasteiger partial charge in [0.15, 0.2) is 4.77 Å². The summed E-state index contributed by atoms with van der Waals surface area (Å²) in [5, 5.41) is 14.2.